The molecule has 0 radical (unpaired) electrons. The molecule has 5 rings (SSSR count). The summed E-state index contributed by atoms with van der Waals surface area (Å²) in [6.07, 6.45) is 3.03. The van der Waals surface area contributed by atoms with E-state index in [0.717, 1.165) is 16.8 Å². The molecule has 4 heterocycles. The lowest BCUT2D eigenvalue weighted by atomic mass is 10.0. The molecule has 1 aliphatic heterocycles. The zero-order chi connectivity index (χ0) is 29.6. The van der Waals surface area contributed by atoms with Gasteiger partial charge in [-0.25, -0.2) is 18.7 Å². The third kappa shape index (κ3) is 4.90. The van der Waals surface area contributed by atoms with Gasteiger partial charge in [0.05, 0.1) is 16.8 Å². The highest BCUT2D eigenvalue weighted by molar-refractivity contribution is 5.91. The number of hydrogen-bond donors (Lipinski definition) is 0. The maximum absolute atomic E-state index is 16.0. The number of piperazine rings is 1. The van der Waals surface area contributed by atoms with Crippen LogP contribution in [0, 0.1) is 19.7 Å². The first-order valence-corrected chi connectivity index (χ1v) is 13.9. The second kappa shape index (κ2) is 10.9. The molecule has 0 spiro atoms. The zero-order valence-corrected chi connectivity index (χ0v) is 24.3. The van der Waals surface area contributed by atoms with Gasteiger partial charge >= 0.3 is 5.69 Å². The Kier molecular flexibility index (Phi) is 7.46. The molecule has 1 fully saturated rings. The Morgan fingerprint density at radius 1 is 1.07 bits per heavy atom. The highest BCUT2D eigenvalue weighted by atomic mass is 19.1. The van der Waals surface area contributed by atoms with E-state index in [9.17, 15) is 9.59 Å². The van der Waals surface area contributed by atoms with Crippen LogP contribution in [0.3, 0.4) is 0 Å². The van der Waals surface area contributed by atoms with Crippen molar-refractivity contribution in [2.45, 2.75) is 59.5 Å². The maximum Gasteiger partial charge on any atom is 0.355 e. The molecule has 212 valence electrons. The van der Waals surface area contributed by atoms with Crippen molar-refractivity contribution in [3.63, 3.8) is 0 Å². The summed E-state index contributed by atoms with van der Waals surface area (Å²) in [4.78, 5) is 44.2. The van der Waals surface area contributed by atoms with Crippen molar-refractivity contribution in [1.29, 1.82) is 0 Å². The lowest BCUT2D eigenvalue weighted by Gasteiger charge is -2.44. The van der Waals surface area contributed by atoms with Gasteiger partial charge in [-0.3, -0.25) is 9.78 Å². The fourth-order valence-corrected chi connectivity index (χ4v) is 5.68. The molecule has 1 amide bonds. The van der Waals surface area contributed by atoms with E-state index in [1.54, 1.807) is 11.1 Å². The molecular formula is C32H35FN6O2. The lowest BCUT2D eigenvalue weighted by Crippen LogP contribution is -2.58. The van der Waals surface area contributed by atoms with Crippen LogP contribution in [0.1, 0.15) is 50.4 Å². The molecule has 4 aromatic rings. The first-order chi connectivity index (χ1) is 19.5. The number of anilines is 1. The Balaban J connectivity index is 1.83. The summed E-state index contributed by atoms with van der Waals surface area (Å²) < 4.78 is 17.4. The number of carbonyl (C=O) groups excluding carboxylic acids is 1. The van der Waals surface area contributed by atoms with Crippen molar-refractivity contribution in [1.82, 2.24) is 24.4 Å². The summed E-state index contributed by atoms with van der Waals surface area (Å²) in [5.74, 6) is -0.296. The molecule has 0 saturated carbocycles. The molecule has 0 unspecified atom stereocenters. The number of halogens is 1. The fraction of sp³-hybridized carbons (Fsp3) is 0.344. The first kappa shape index (κ1) is 28.1. The first-order valence-electron chi connectivity index (χ1n) is 13.9. The van der Waals surface area contributed by atoms with E-state index < -0.39 is 11.5 Å². The van der Waals surface area contributed by atoms with E-state index in [-0.39, 0.29) is 29.6 Å². The van der Waals surface area contributed by atoms with Crippen LogP contribution in [0.15, 0.2) is 60.0 Å². The van der Waals surface area contributed by atoms with Gasteiger partial charge < -0.3 is 9.80 Å². The van der Waals surface area contributed by atoms with Gasteiger partial charge in [-0.1, -0.05) is 44.7 Å². The fourth-order valence-electron chi connectivity index (χ4n) is 5.68. The number of aryl methyl sites for hydroxylation is 2. The number of fused-ring (bicyclic) bond motifs is 1. The summed E-state index contributed by atoms with van der Waals surface area (Å²) >= 11 is 0. The molecule has 3 aromatic heterocycles. The minimum atomic E-state index is -0.523. The largest absolute Gasteiger partial charge is 0.355 e. The third-order valence-electron chi connectivity index (χ3n) is 7.84. The molecule has 2 atom stereocenters. The smallest absolute Gasteiger partial charge is 0.349 e. The van der Waals surface area contributed by atoms with Crippen LogP contribution in [0.2, 0.25) is 0 Å². The molecule has 8 nitrogen and oxygen atoms in total. The summed E-state index contributed by atoms with van der Waals surface area (Å²) in [7, 11) is 0. The van der Waals surface area contributed by atoms with Crippen molar-refractivity contribution >= 4 is 22.8 Å². The maximum atomic E-state index is 16.0. The Morgan fingerprint density at radius 2 is 1.80 bits per heavy atom. The van der Waals surface area contributed by atoms with Crippen LogP contribution in [0.25, 0.3) is 28.0 Å². The second-order valence-corrected chi connectivity index (χ2v) is 11.1. The van der Waals surface area contributed by atoms with Gasteiger partial charge in [-0.15, -0.1) is 0 Å². The van der Waals surface area contributed by atoms with E-state index in [2.05, 4.69) is 16.5 Å². The van der Waals surface area contributed by atoms with Crippen molar-refractivity contribution in [3.8, 4) is 16.9 Å². The van der Waals surface area contributed by atoms with Gasteiger partial charge in [-0.05, 0) is 62.9 Å². The Morgan fingerprint density at radius 3 is 2.49 bits per heavy atom. The van der Waals surface area contributed by atoms with Gasteiger partial charge in [0.25, 0.3) is 0 Å². The van der Waals surface area contributed by atoms with E-state index in [1.165, 1.54) is 16.7 Å². The van der Waals surface area contributed by atoms with Gasteiger partial charge in [0.2, 0.25) is 5.91 Å². The SMILES string of the molecule is C=CC(=O)N1C[C@H](C)N(c2nc(=O)n(-c3c(C)ccnc3C(C)C)c3nc(-c4ccccc4C)c(F)cc23)C[C@H]1C. The van der Waals surface area contributed by atoms with Gasteiger partial charge in [-0.2, -0.15) is 4.98 Å². The highest BCUT2D eigenvalue weighted by Gasteiger charge is 2.34. The van der Waals surface area contributed by atoms with Crippen molar-refractivity contribution < 1.29 is 9.18 Å². The average molecular weight is 555 g/mol. The minimum Gasteiger partial charge on any atom is -0.349 e. The highest BCUT2D eigenvalue weighted by Crippen LogP contribution is 2.34. The third-order valence-corrected chi connectivity index (χ3v) is 7.84. The van der Waals surface area contributed by atoms with Crippen molar-refractivity contribution in [3.05, 3.63) is 88.4 Å². The van der Waals surface area contributed by atoms with Crippen molar-refractivity contribution in [2.75, 3.05) is 18.0 Å². The van der Waals surface area contributed by atoms with Crippen LogP contribution in [-0.4, -0.2) is 55.5 Å². The Bertz CT molecular complexity index is 1730. The topological polar surface area (TPSA) is 84.2 Å². The normalized spacial score (nSPS) is 17.4. The standard InChI is InChI=1S/C32H35FN6O2/c1-8-26(40)37-16-22(7)38(17-21(37)6)30-24-15-25(33)28(23-12-10-9-11-19(23)4)35-31(24)39(32(41)36-30)29-20(5)13-14-34-27(29)18(2)3/h8-15,18,21-22H,1,16-17H2,2-7H3/t21-,22+/m1/s1. The quantitative estimate of drug-likeness (QED) is 0.310. The molecule has 0 bridgehead atoms. The number of nitrogens with zero attached hydrogens (tertiary/aromatic N) is 6. The van der Waals surface area contributed by atoms with Crippen LogP contribution in [0.4, 0.5) is 10.2 Å². The number of carbonyl (C=O) groups is 1. The molecule has 1 saturated heterocycles. The summed E-state index contributed by atoms with van der Waals surface area (Å²) in [6.45, 7) is 16.2. The molecule has 0 aliphatic carbocycles. The summed E-state index contributed by atoms with van der Waals surface area (Å²) in [5, 5.41) is 0.417. The van der Waals surface area contributed by atoms with Gasteiger partial charge in [0.15, 0.2) is 5.65 Å². The molecule has 1 aliphatic rings. The number of benzene rings is 1. The average Bonchev–Trinajstić information content (AvgIpc) is 2.94. The summed E-state index contributed by atoms with van der Waals surface area (Å²) in [6, 6.07) is 10.4. The number of hydrogen-bond acceptors (Lipinski definition) is 6. The number of amides is 1. The number of aromatic nitrogens is 4. The van der Waals surface area contributed by atoms with Gasteiger partial charge in [0, 0.05) is 36.9 Å². The monoisotopic (exact) mass is 554 g/mol. The Labute approximate surface area is 239 Å². The van der Waals surface area contributed by atoms with E-state index >= 15 is 4.39 Å². The molecule has 9 heteroatoms. The van der Waals surface area contributed by atoms with Crippen LogP contribution >= 0.6 is 0 Å². The van der Waals surface area contributed by atoms with Crippen LogP contribution in [0.5, 0.6) is 0 Å². The number of rotatable bonds is 5. The van der Waals surface area contributed by atoms with E-state index in [1.807, 2.05) is 76.8 Å². The van der Waals surface area contributed by atoms with E-state index in [4.69, 9.17) is 4.98 Å². The zero-order valence-electron chi connectivity index (χ0n) is 24.3. The molecule has 1 aromatic carbocycles. The predicted octanol–water partition coefficient (Wildman–Crippen LogP) is 5.33. The van der Waals surface area contributed by atoms with E-state index in [0.29, 0.717) is 41.2 Å². The second-order valence-electron chi connectivity index (χ2n) is 11.1. The molecule has 41 heavy (non-hydrogen) atoms. The number of pyridine rings is 2. The van der Waals surface area contributed by atoms with Crippen LogP contribution < -0.4 is 10.6 Å². The van der Waals surface area contributed by atoms with Crippen LogP contribution in [-0.2, 0) is 4.79 Å². The predicted molar refractivity (Wildman–Crippen MR) is 160 cm³/mol. The van der Waals surface area contributed by atoms with Crippen molar-refractivity contribution in [2.24, 2.45) is 0 Å². The van der Waals surface area contributed by atoms with Gasteiger partial charge in [0.1, 0.15) is 17.3 Å². The Hall–Kier alpha value is -4.40. The minimum absolute atomic E-state index is 0.0131. The summed E-state index contributed by atoms with van der Waals surface area (Å²) in [5.41, 5.74) is 3.63. The lowest BCUT2D eigenvalue weighted by molar-refractivity contribution is -0.128. The molecule has 0 N–H and O–H groups in total. The molecular weight excluding hydrogens is 519 g/mol.